The van der Waals surface area contributed by atoms with E-state index in [1.54, 1.807) is 4.90 Å². The fourth-order valence-corrected chi connectivity index (χ4v) is 3.69. The summed E-state index contributed by atoms with van der Waals surface area (Å²) in [4.78, 5) is 14.1. The van der Waals surface area contributed by atoms with Crippen LogP contribution in [-0.4, -0.2) is 23.4 Å². The molecule has 2 fully saturated rings. The quantitative estimate of drug-likeness (QED) is 0.749. The van der Waals surface area contributed by atoms with Crippen molar-refractivity contribution < 1.29 is 18.0 Å². The molecular weight excluding hydrogens is 335 g/mol. The lowest BCUT2D eigenvalue weighted by Gasteiger charge is -2.27. The van der Waals surface area contributed by atoms with Crippen molar-refractivity contribution in [3.8, 4) is 0 Å². The highest BCUT2D eigenvalue weighted by Gasteiger charge is 2.41. The van der Waals surface area contributed by atoms with Crippen LogP contribution in [-0.2, 0) is 6.18 Å². The average molecular weight is 348 g/mol. The van der Waals surface area contributed by atoms with E-state index in [1.807, 2.05) is 0 Å². The van der Waals surface area contributed by atoms with Crippen LogP contribution in [0.2, 0.25) is 0 Å². The van der Waals surface area contributed by atoms with Crippen molar-refractivity contribution >= 4 is 21.8 Å². The third-order valence-corrected chi connectivity index (χ3v) is 4.88. The Labute approximate surface area is 123 Å². The van der Waals surface area contributed by atoms with Crippen LogP contribution in [0.5, 0.6) is 0 Å². The molecule has 1 aromatic rings. The number of hydrogen-bond acceptors (Lipinski definition) is 1. The second-order valence-electron chi connectivity index (χ2n) is 5.48. The van der Waals surface area contributed by atoms with Crippen LogP contribution in [0.15, 0.2) is 22.7 Å². The maximum absolute atomic E-state index is 12.9. The minimum Gasteiger partial charge on any atom is -0.335 e. The number of piperidine rings is 1. The summed E-state index contributed by atoms with van der Waals surface area (Å²) >= 11 is 2.89. The highest BCUT2D eigenvalue weighted by molar-refractivity contribution is 9.10. The van der Waals surface area contributed by atoms with Gasteiger partial charge in [0.25, 0.3) is 5.91 Å². The van der Waals surface area contributed by atoms with Gasteiger partial charge in [-0.3, -0.25) is 4.79 Å². The summed E-state index contributed by atoms with van der Waals surface area (Å²) in [6.07, 6.45) is -1.37. The summed E-state index contributed by atoms with van der Waals surface area (Å²) in [7, 11) is 0. The number of hydrogen-bond donors (Lipinski definition) is 0. The Balaban J connectivity index is 1.89. The smallest absolute Gasteiger partial charge is 0.335 e. The van der Waals surface area contributed by atoms with E-state index in [2.05, 4.69) is 15.9 Å². The summed E-state index contributed by atoms with van der Waals surface area (Å²) in [5, 5.41) is 0. The van der Waals surface area contributed by atoms with Crippen molar-refractivity contribution in [2.24, 2.45) is 5.92 Å². The normalized spacial score (nSPS) is 25.3. The number of halogens is 4. The topological polar surface area (TPSA) is 20.3 Å². The van der Waals surface area contributed by atoms with Crippen LogP contribution in [0.1, 0.15) is 35.2 Å². The van der Waals surface area contributed by atoms with Gasteiger partial charge >= 0.3 is 6.18 Å². The Hall–Kier alpha value is -1.04. The van der Waals surface area contributed by atoms with Crippen molar-refractivity contribution in [2.75, 3.05) is 6.54 Å². The van der Waals surface area contributed by atoms with Gasteiger partial charge in [0.2, 0.25) is 0 Å². The molecule has 20 heavy (non-hydrogen) atoms. The molecule has 1 aliphatic carbocycles. The van der Waals surface area contributed by atoms with E-state index in [0.717, 1.165) is 25.3 Å². The molecule has 0 aromatic heterocycles. The van der Waals surface area contributed by atoms with E-state index in [0.29, 0.717) is 12.5 Å². The second kappa shape index (κ2) is 4.76. The maximum atomic E-state index is 12.9. The van der Waals surface area contributed by atoms with Crippen LogP contribution >= 0.6 is 15.9 Å². The van der Waals surface area contributed by atoms with Gasteiger partial charge in [0, 0.05) is 22.6 Å². The lowest BCUT2D eigenvalue weighted by molar-refractivity contribution is -0.138. The van der Waals surface area contributed by atoms with Gasteiger partial charge in [0.1, 0.15) is 0 Å². The first kappa shape index (κ1) is 13.9. The number of nitrogens with zero attached hydrogens (tertiary/aromatic N) is 1. The molecule has 1 amide bonds. The summed E-state index contributed by atoms with van der Waals surface area (Å²) < 4.78 is 38.6. The van der Waals surface area contributed by atoms with Gasteiger partial charge in [0.05, 0.1) is 5.56 Å². The lowest BCUT2D eigenvalue weighted by atomic mass is 10.1. The van der Waals surface area contributed by atoms with Crippen molar-refractivity contribution in [3.63, 3.8) is 0 Å². The Morgan fingerprint density at radius 1 is 1.30 bits per heavy atom. The van der Waals surface area contributed by atoms with Crippen LogP contribution in [0.25, 0.3) is 0 Å². The molecule has 2 bridgehead atoms. The number of carbonyl (C=O) groups excluding carboxylic acids is 1. The van der Waals surface area contributed by atoms with Gasteiger partial charge < -0.3 is 4.90 Å². The molecule has 0 spiro atoms. The second-order valence-corrected chi connectivity index (χ2v) is 6.34. The van der Waals surface area contributed by atoms with Crippen LogP contribution in [0, 0.1) is 5.92 Å². The summed E-state index contributed by atoms with van der Waals surface area (Å²) in [5.41, 5.74) is -0.680. The zero-order chi connectivity index (χ0) is 14.5. The maximum Gasteiger partial charge on any atom is 0.417 e. The zero-order valence-electron chi connectivity index (χ0n) is 10.6. The monoisotopic (exact) mass is 347 g/mol. The first-order valence-electron chi connectivity index (χ1n) is 6.54. The summed E-state index contributed by atoms with van der Waals surface area (Å²) in [6.45, 7) is 0.681. The minimum atomic E-state index is -4.46. The van der Waals surface area contributed by atoms with Crippen LogP contribution < -0.4 is 0 Å². The SMILES string of the molecule is O=C(c1ccc(Br)c(C(F)(F)F)c1)N1CC2CCC1C2. The first-order chi connectivity index (χ1) is 9.36. The average Bonchev–Trinajstić information content (AvgIpc) is 2.99. The number of amides is 1. The molecule has 1 aromatic carbocycles. The zero-order valence-corrected chi connectivity index (χ0v) is 12.2. The Bertz CT molecular complexity index is 558. The molecule has 1 saturated heterocycles. The highest BCUT2D eigenvalue weighted by Crippen LogP contribution is 2.39. The van der Waals surface area contributed by atoms with Crippen molar-refractivity contribution in [1.82, 2.24) is 4.90 Å². The number of likely N-dealkylation sites (tertiary alicyclic amines) is 1. The van der Waals surface area contributed by atoms with Gasteiger partial charge in [-0.25, -0.2) is 0 Å². The van der Waals surface area contributed by atoms with E-state index in [4.69, 9.17) is 0 Å². The molecule has 2 aliphatic rings. The van der Waals surface area contributed by atoms with E-state index < -0.39 is 11.7 Å². The summed E-state index contributed by atoms with van der Waals surface area (Å²) in [5.74, 6) is 0.247. The molecule has 0 radical (unpaired) electrons. The molecule has 1 heterocycles. The molecule has 6 heteroatoms. The molecule has 108 valence electrons. The standard InChI is InChI=1S/C14H13BrF3NO/c15-12-4-2-9(6-11(12)14(16,17)18)13(20)19-7-8-1-3-10(19)5-8/h2,4,6,8,10H,1,3,5,7H2. The number of carbonyl (C=O) groups is 1. The minimum absolute atomic E-state index is 0.0375. The van der Waals surface area contributed by atoms with Gasteiger partial charge in [0.15, 0.2) is 0 Å². The van der Waals surface area contributed by atoms with Gasteiger partial charge in [-0.05, 0) is 43.4 Å². The van der Waals surface area contributed by atoms with Crippen molar-refractivity contribution in [1.29, 1.82) is 0 Å². The van der Waals surface area contributed by atoms with E-state index in [1.165, 1.54) is 12.1 Å². The molecule has 3 rings (SSSR count). The summed E-state index contributed by atoms with van der Waals surface area (Å²) in [6, 6.07) is 3.90. The predicted octanol–water partition coefficient (Wildman–Crippen LogP) is 4.09. The van der Waals surface area contributed by atoms with E-state index >= 15 is 0 Å². The fourth-order valence-electron chi connectivity index (χ4n) is 3.21. The van der Waals surface area contributed by atoms with Gasteiger partial charge in [-0.1, -0.05) is 15.9 Å². The molecule has 2 atom stereocenters. The van der Waals surface area contributed by atoms with E-state index in [-0.39, 0.29) is 22.0 Å². The Kier molecular flexibility index (Phi) is 3.31. The Morgan fingerprint density at radius 2 is 2.05 bits per heavy atom. The Morgan fingerprint density at radius 3 is 2.60 bits per heavy atom. The number of alkyl halides is 3. The van der Waals surface area contributed by atoms with Crippen molar-refractivity contribution in [2.45, 2.75) is 31.5 Å². The molecule has 1 aliphatic heterocycles. The number of fused-ring (bicyclic) bond motifs is 2. The lowest BCUT2D eigenvalue weighted by Crippen LogP contribution is -2.37. The largest absolute Gasteiger partial charge is 0.417 e. The molecule has 2 unspecified atom stereocenters. The van der Waals surface area contributed by atoms with Gasteiger partial charge in [-0.2, -0.15) is 13.2 Å². The number of benzene rings is 1. The third kappa shape index (κ3) is 2.34. The first-order valence-corrected chi connectivity index (χ1v) is 7.33. The predicted molar refractivity (Wildman–Crippen MR) is 71.3 cm³/mol. The van der Waals surface area contributed by atoms with Gasteiger partial charge in [-0.15, -0.1) is 0 Å². The molecular formula is C14H13BrF3NO. The molecule has 1 saturated carbocycles. The third-order valence-electron chi connectivity index (χ3n) is 4.19. The highest BCUT2D eigenvalue weighted by atomic mass is 79.9. The molecule has 0 N–H and O–H groups in total. The number of rotatable bonds is 1. The van der Waals surface area contributed by atoms with Crippen LogP contribution in [0.3, 0.4) is 0 Å². The van der Waals surface area contributed by atoms with E-state index in [9.17, 15) is 18.0 Å². The van der Waals surface area contributed by atoms with Crippen molar-refractivity contribution in [3.05, 3.63) is 33.8 Å². The molecule has 2 nitrogen and oxygen atoms in total. The fraction of sp³-hybridized carbons (Fsp3) is 0.500. The van der Waals surface area contributed by atoms with Crippen LogP contribution in [0.4, 0.5) is 13.2 Å².